The van der Waals surface area contributed by atoms with Crippen LogP contribution in [0.2, 0.25) is 0 Å². The summed E-state index contributed by atoms with van der Waals surface area (Å²) in [6.45, 7) is 7.91. The van der Waals surface area contributed by atoms with Gasteiger partial charge in [0.2, 0.25) is 5.91 Å². The van der Waals surface area contributed by atoms with E-state index in [0.717, 1.165) is 18.4 Å². The number of guanidine groups is 1. The van der Waals surface area contributed by atoms with Crippen LogP contribution in [0, 0.1) is 5.92 Å². The molecule has 1 N–H and O–H groups in total. The first kappa shape index (κ1) is 19.0. The van der Waals surface area contributed by atoms with E-state index in [9.17, 15) is 9.59 Å². The van der Waals surface area contributed by atoms with Crippen LogP contribution in [0.1, 0.15) is 19.8 Å². The number of nitrogens with zero attached hydrogens (tertiary/aromatic N) is 3. The average molecular weight is 324 g/mol. The lowest BCUT2D eigenvalue weighted by Crippen LogP contribution is -2.47. The molecule has 0 aliphatic carbocycles. The van der Waals surface area contributed by atoms with Gasteiger partial charge in [0.15, 0.2) is 5.96 Å². The smallest absolute Gasteiger partial charge is 0.308 e. The fourth-order valence-corrected chi connectivity index (χ4v) is 2.28. The number of nitrogens with one attached hydrogen (secondary N) is 1. The molecule has 0 bridgehead atoms. The van der Waals surface area contributed by atoms with Crippen LogP contribution in [0.15, 0.2) is 17.1 Å². The maximum atomic E-state index is 11.7. The number of likely N-dealkylation sites (N-methyl/N-ethyl adjacent to an activating group) is 1. The number of hydrogen-bond donors (Lipinski definition) is 1. The van der Waals surface area contributed by atoms with Crippen LogP contribution in [0.5, 0.6) is 0 Å². The highest BCUT2D eigenvalue weighted by Crippen LogP contribution is 2.18. The van der Waals surface area contributed by atoms with Gasteiger partial charge in [-0.25, -0.2) is 4.99 Å². The third kappa shape index (κ3) is 6.30. The van der Waals surface area contributed by atoms with Crippen molar-refractivity contribution in [2.45, 2.75) is 19.8 Å². The molecule has 0 aromatic rings. The summed E-state index contributed by atoms with van der Waals surface area (Å²) >= 11 is 0. The largest absolute Gasteiger partial charge is 0.469 e. The van der Waals surface area contributed by atoms with Crippen LogP contribution in [0.25, 0.3) is 0 Å². The Morgan fingerprint density at radius 1 is 1.35 bits per heavy atom. The molecule has 1 amide bonds. The Morgan fingerprint density at radius 2 is 1.96 bits per heavy atom. The molecule has 7 nitrogen and oxygen atoms in total. The summed E-state index contributed by atoms with van der Waals surface area (Å²) in [4.78, 5) is 31.3. The minimum absolute atomic E-state index is 0.0518. The number of likely N-dealkylation sites (tertiary alicyclic amines) is 1. The summed E-state index contributed by atoms with van der Waals surface area (Å²) in [6, 6.07) is 0. The number of rotatable bonds is 5. The van der Waals surface area contributed by atoms with E-state index >= 15 is 0 Å². The summed E-state index contributed by atoms with van der Waals surface area (Å²) in [6.07, 6.45) is 1.45. The molecule has 1 fully saturated rings. The molecule has 0 saturated carbocycles. The first-order valence-corrected chi connectivity index (χ1v) is 7.80. The minimum atomic E-state index is -0.152. The SMILES string of the molecule is C=C(C)CNC(=NCC(=O)N(C)C)N1CCC(C(=O)OC)CC1. The zero-order chi connectivity index (χ0) is 17.4. The Labute approximate surface area is 138 Å². The van der Waals surface area contributed by atoms with Gasteiger partial charge in [-0.1, -0.05) is 12.2 Å². The summed E-state index contributed by atoms with van der Waals surface area (Å²) < 4.78 is 4.80. The Bertz CT molecular complexity index is 466. The van der Waals surface area contributed by atoms with Crippen molar-refractivity contribution in [2.75, 3.05) is 47.4 Å². The number of esters is 1. The Kier molecular flexibility index (Phi) is 7.57. The zero-order valence-corrected chi connectivity index (χ0v) is 14.6. The lowest BCUT2D eigenvalue weighted by molar-refractivity contribution is -0.146. The first-order valence-electron chi connectivity index (χ1n) is 7.80. The van der Waals surface area contributed by atoms with Gasteiger partial charge in [-0.3, -0.25) is 9.59 Å². The van der Waals surface area contributed by atoms with Gasteiger partial charge in [0.05, 0.1) is 13.0 Å². The second kappa shape index (κ2) is 9.17. The Hall–Kier alpha value is -2.05. The molecule has 23 heavy (non-hydrogen) atoms. The van der Waals surface area contributed by atoms with Gasteiger partial charge in [0, 0.05) is 33.7 Å². The van der Waals surface area contributed by atoms with Gasteiger partial charge in [-0.2, -0.15) is 0 Å². The molecule has 0 atom stereocenters. The van der Waals surface area contributed by atoms with E-state index in [1.807, 2.05) is 6.92 Å². The quantitative estimate of drug-likeness (QED) is 0.345. The van der Waals surface area contributed by atoms with Crippen LogP contribution in [-0.2, 0) is 14.3 Å². The Balaban J connectivity index is 2.69. The van der Waals surface area contributed by atoms with E-state index in [4.69, 9.17) is 4.74 Å². The molecule has 1 saturated heterocycles. The van der Waals surface area contributed by atoms with E-state index in [2.05, 4.69) is 21.8 Å². The number of amides is 1. The van der Waals surface area contributed by atoms with Gasteiger partial charge < -0.3 is 19.9 Å². The monoisotopic (exact) mass is 324 g/mol. The van der Waals surface area contributed by atoms with Crippen molar-refractivity contribution in [3.63, 3.8) is 0 Å². The van der Waals surface area contributed by atoms with Gasteiger partial charge >= 0.3 is 5.97 Å². The highest BCUT2D eigenvalue weighted by molar-refractivity contribution is 5.85. The summed E-state index contributed by atoms with van der Waals surface area (Å²) in [5, 5.41) is 3.23. The summed E-state index contributed by atoms with van der Waals surface area (Å²) in [7, 11) is 4.84. The number of piperidine rings is 1. The van der Waals surface area contributed by atoms with Crippen LogP contribution in [0.3, 0.4) is 0 Å². The minimum Gasteiger partial charge on any atom is -0.469 e. The molecular weight excluding hydrogens is 296 g/mol. The molecule has 1 rings (SSSR count). The molecule has 1 aliphatic heterocycles. The number of ether oxygens (including phenoxy) is 1. The van der Waals surface area contributed by atoms with Gasteiger partial charge in [0.25, 0.3) is 0 Å². The summed E-state index contributed by atoms with van der Waals surface area (Å²) in [5.74, 6) is 0.429. The number of methoxy groups -OCH3 is 1. The van der Waals surface area contributed by atoms with Crippen molar-refractivity contribution in [1.29, 1.82) is 0 Å². The predicted molar refractivity (Wildman–Crippen MR) is 90.1 cm³/mol. The number of carbonyl (C=O) groups excluding carboxylic acids is 2. The average Bonchev–Trinajstić information content (AvgIpc) is 2.53. The number of carbonyl (C=O) groups is 2. The van der Waals surface area contributed by atoms with E-state index in [-0.39, 0.29) is 24.3 Å². The molecular formula is C16H28N4O3. The summed E-state index contributed by atoms with van der Waals surface area (Å²) in [5.41, 5.74) is 0.987. The third-order valence-electron chi connectivity index (χ3n) is 3.74. The van der Waals surface area contributed by atoms with Crippen molar-refractivity contribution in [2.24, 2.45) is 10.9 Å². The van der Waals surface area contributed by atoms with Crippen molar-refractivity contribution in [1.82, 2.24) is 15.1 Å². The maximum Gasteiger partial charge on any atom is 0.308 e. The topological polar surface area (TPSA) is 74.2 Å². The van der Waals surface area contributed by atoms with Gasteiger partial charge in [-0.15, -0.1) is 0 Å². The third-order valence-corrected chi connectivity index (χ3v) is 3.74. The molecule has 0 radical (unpaired) electrons. The predicted octanol–water partition coefficient (Wildman–Crippen LogP) is 0.481. The molecule has 0 unspecified atom stereocenters. The molecule has 1 heterocycles. The molecule has 0 aromatic heterocycles. The normalized spacial score (nSPS) is 16.0. The zero-order valence-electron chi connectivity index (χ0n) is 14.6. The van der Waals surface area contributed by atoms with Crippen molar-refractivity contribution < 1.29 is 14.3 Å². The lowest BCUT2D eigenvalue weighted by atomic mass is 9.97. The highest BCUT2D eigenvalue weighted by Gasteiger charge is 2.27. The number of aliphatic imine (C=N–C) groups is 1. The fourth-order valence-electron chi connectivity index (χ4n) is 2.28. The van der Waals surface area contributed by atoms with Crippen LogP contribution in [-0.4, -0.2) is 75.0 Å². The van der Waals surface area contributed by atoms with E-state index in [1.54, 1.807) is 14.1 Å². The first-order chi connectivity index (χ1) is 10.8. The molecule has 0 spiro atoms. The van der Waals surface area contributed by atoms with Crippen LogP contribution in [0.4, 0.5) is 0 Å². The van der Waals surface area contributed by atoms with Crippen LogP contribution >= 0.6 is 0 Å². The van der Waals surface area contributed by atoms with Crippen molar-refractivity contribution in [3.8, 4) is 0 Å². The van der Waals surface area contributed by atoms with Crippen molar-refractivity contribution >= 4 is 17.8 Å². The van der Waals surface area contributed by atoms with Crippen LogP contribution < -0.4 is 5.32 Å². The van der Waals surface area contributed by atoms with E-state index < -0.39 is 0 Å². The van der Waals surface area contributed by atoms with Gasteiger partial charge in [0.1, 0.15) is 6.54 Å². The molecule has 7 heteroatoms. The fraction of sp³-hybridized carbons (Fsp3) is 0.688. The van der Waals surface area contributed by atoms with E-state index in [0.29, 0.717) is 25.6 Å². The Morgan fingerprint density at radius 3 is 2.43 bits per heavy atom. The molecule has 130 valence electrons. The van der Waals surface area contributed by atoms with E-state index in [1.165, 1.54) is 12.0 Å². The highest BCUT2D eigenvalue weighted by atomic mass is 16.5. The molecule has 0 aromatic carbocycles. The standard InChI is InChI=1S/C16H28N4O3/c1-12(2)10-17-16(18-11-14(21)19(3)4)20-8-6-13(7-9-20)15(22)23-5/h13H,1,6-11H2,2-5H3,(H,17,18). The second-order valence-electron chi connectivity index (χ2n) is 6.02. The molecule has 1 aliphatic rings. The lowest BCUT2D eigenvalue weighted by Gasteiger charge is -2.33. The maximum absolute atomic E-state index is 11.7. The van der Waals surface area contributed by atoms with Crippen molar-refractivity contribution in [3.05, 3.63) is 12.2 Å². The van der Waals surface area contributed by atoms with Gasteiger partial charge in [-0.05, 0) is 19.8 Å². The second-order valence-corrected chi connectivity index (χ2v) is 6.02. The number of hydrogen-bond acceptors (Lipinski definition) is 4.